The Balaban J connectivity index is 2.54. The third-order valence-electron chi connectivity index (χ3n) is 2.87. The van der Waals surface area contributed by atoms with Crippen LogP contribution in [0.1, 0.15) is 38.2 Å². The van der Waals surface area contributed by atoms with Crippen LogP contribution in [-0.4, -0.2) is 19.0 Å². The molecule has 3 N–H and O–H groups in total. The van der Waals surface area contributed by atoms with E-state index in [-0.39, 0.29) is 5.92 Å². The number of hydrogen-bond donors (Lipinski definition) is 2. The highest BCUT2D eigenvalue weighted by Crippen LogP contribution is 2.19. The molecule has 1 aromatic rings. The minimum Gasteiger partial charge on any atom is -0.370 e. The van der Waals surface area contributed by atoms with Crippen molar-refractivity contribution in [3.05, 3.63) is 35.4 Å². The van der Waals surface area contributed by atoms with Crippen LogP contribution in [0.5, 0.6) is 0 Å². The molecule has 0 fully saturated rings. The summed E-state index contributed by atoms with van der Waals surface area (Å²) in [6, 6.07) is 3.59. The maximum absolute atomic E-state index is 13.5. The molecule has 3 nitrogen and oxygen atoms in total. The number of nitrogens with two attached hydrogens (primary N) is 1. The molecule has 1 rings (SSSR count). The van der Waals surface area contributed by atoms with E-state index in [1.807, 2.05) is 6.92 Å². The van der Waals surface area contributed by atoms with E-state index < -0.39 is 11.6 Å². The third-order valence-corrected chi connectivity index (χ3v) is 2.87. The van der Waals surface area contributed by atoms with Crippen LogP contribution in [0.4, 0.5) is 8.78 Å². The van der Waals surface area contributed by atoms with Gasteiger partial charge in [0, 0.05) is 25.1 Å². The molecule has 0 heterocycles. The van der Waals surface area contributed by atoms with E-state index in [1.54, 1.807) is 0 Å². The molecule has 0 saturated heterocycles. The summed E-state index contributed by atoms with van der Waals surface area (Å²) in [7, 11) is 0. The predicted molar refractivity (Wildman–Crippen MR) is 74.2 cm³/mol. The number of halogens is 2. The molecule has 0 aliphatic carbocycles. The zero-order chi connectivity index (χ0) is 14.3. The zero-order valence-electron chi connectivity index (χ0n) is 11.4. The van der Waals surface area contributed by atoms with Gasteiger partial charge in [-0.1, -0.05) is 26.3 Å². The van der Waals surface area contributed by atoms with Gasteiger partial charge in [0.15, 0.2) is 5.96 Å². The van der Waals surface area contributed by atoms with Gasteiger partial charge in [0.25, 0.3) is 0 Å². The lowest BCUT2D eigenvalue weighted by atomic mass is 10.0. The number of guanidine groups is 1. The summed E-state index contributed by atoms with van der Waals surface area (Å²) in [6.07, 6.45) is 2.11. The van der Waals surface area contributed by atoms with Crippen molar-refractivity contribution < 1.29 is 8.78 Å². The second-order valence-electron chi connectivity index (χ2n) is 4.57. The molecule has 1 atom stereocenters. The summed E-state index contributed by atoms with van der Waals surface area (Å²) < 4.78 is 26.3. The first-order chi connectivity index (χ1) is 9.04. The van der Waals surface area contributed by atoms with E-state index in [0.717, 1.165) is 25.5 Å². The fraction of sp³-hybridized carbons (Fsp3) is 0.500. The van der Waals surface area contributed by atoms with Gasteiger partial charge in [-0.05, 0) is 18.1 Å². The Kier molecular flexibility index (Phi) is 6.25. The summed E-state index contributed by atoms with van der Waals surface area (Å²) in [4.78, 5) is 4.16. The van der Waals surface area contributed by atoms with Crippen LogP contribution < -0.4 is 11.1 Å². The highest BCUT2D eigenvalue weighted by Gasteiger charge is 2.11. The van der Waals surface area contributed by atoms with Crippen LogP contribution in [0.15, 0.2) is 23.2 Å². The Hall–Kier alpha value is -1.65. The van der Waals surface area contributed by atoms with Crippen molar-refractivity contribution >= 4 is 5.96 Å². The number of aliphatic imine (C=N–C) groups is 1. The molecule has 19 heavy (non-hydrogen) atoms. The summed E-state index contributed by atoms with van der Waals surface area (Å²) in [5.74, 6) is -0.896. The van der Waals surface area contributed by atoms with Crippen LogP contribution in [-0.2, 0) is 0 Å². The van der Waals surface area contributed by atoms with Gasteiger partial charge >= 0.3 is 0 Å². The van der Waals surface area contributed by atoms with E-state index in [4.69, 9.17) is 5.73 Å². The molecular weight excluding hydrogens is 248 g/mol. The number of nitrogens with one attached hydrogen (secondary N) is 1. The Morgan fingerprint density at radius 1 is 1.42 bits per heavy atom. The Morgan fingerprint density at radius 2 is 2.16 bits per heavy atom. The van der Waals surface area contributed by atoms with Gasteiger partial charge in [0.2, 0.25) is 0 Å². The molecule has 0 aliphatic heterocycles. The Morgan fingerprint density at radius 3 is 2.79 bits per heavy atom. The second-order valence-corrected chi connectivity index (χ2v) is 4.57. The average Bonchev–Trinajstić information content (AvgIpc) is 2.36. The van der Waals surface area contributed by atoms with Crippen LogP contribution in [0.3, 0.4) is 0 Å². The molecule has 1 aromatic carbocycles. The molecule has 0 aromatic heterocycles. The van der Waals surface area contributed by atoms with Crippen molar-refractivity contribution in [3.8, 4) is 0 Å². The van der Waals surface area contributed by atoms with Gasteiger partial charge in [-0.2, -0.15) is 0 Å². The molecule has 0 radical (unpaired) electrons. The number of benzene rings is 1. The normalized spacial score (nSPS) is 13.4. The first-order valence-corrected chi connectivity index (χ1v) is 6.53. The van der Waals surface area contributed by atoms with Crippen molar-refractivity contribution in [2.45, 2.75) is 32.6 Å². The highest BCUT2D eigenvalue weighted by atomic mass is 19.1. The SMILES string of the molecule is CCCCNC(N)=NCC(C)c1ccc(F)cc1F. The van der Waals surface area contributed by atoms with E-state index >= 15 is 0 Å². The molecule has 0 spiro atoms. The van der Waals surface area contributed by atoms with E-state index in [1.165, 1.54) is 12.1 Å². The van der Waals surface area contributed by atoms with Crippen molar-refractivity contribution in [2.75, 3.05) is 13.1 Å². The highest BCUT2D eigenvalue weighted by molar-refractivity contribution is 5.77. The molecule has 0 bridgehead atoms. The lowest BCUT2D eigenvalue weighted by Crippen LogP contribution is -2.32. The number of rotatable bonds is 6. The lowest BCUT2D eigenvalue weighted by molar-refractivity contribution is 0.560. The van der Waals surface area contributed by atoms with Crippen molar-refractivity contribution in [1.29, 1.82) is 0 Å². The second kappa shape index (κ2) is 7.71. The third kappa shape index (κ3) is 5.24. The van der Waals surface area contributed by atoms with Gasteiger partial charge in [-0.15, -0.1) is 0 Å². The Bertz CT molecular complexity index is 433. The smallest absolute Gasteiger partial charge is 0.188 e. The van der Waals surface area contributed by atoms with Crippen LogP contribution in [0.2, 0.25) is 0 Å². The van der Waals surface area contributed by atoms with Gasteiger partial charge in [0.1, 0.15) is 11.6 Å². The van der Waals surface area contributed by atoms with Gasteiger partial charge < -0.3 is 11.1 Å². The first-order valence-electron chi connectivity index (χ1n) is 6.53. The van der Waals surface area contributed by atoms with Crippen LogP contribution in [0.25, 0.3) is 0 Å². The summed E-state index contributed by atoms with van der Waals surface area (Å²) in [5, 5.41) is 2.99. The monoisotopic (exact) mass is 269 g/mol. The van der Waals surface area contributed by atoms with Gasteiger partial charge in [-0.25, -0.2) is 8.78 Å². The Labute approximate surface area is 112 Å². The fourth-order valence-electron chi connectivity index (χ4n) is 1.68. The topological polar surface area (TPSA) is 50.4 Å². The molecular formula is C14H21F2N3. The largest absolute Gasteiger partial charge is 0.370 e. The molecule has 5 heteroatoms. The average molecular weight is 269 g/mol. The van der Waals surface area contributed by atoms with Crippen molar-refractivity contribution in [1.82, 2.24) is 5.32 Å². The van der Waals surface area contributed by atoms with Gasteiger partial charge in [-0.3, -0.25) is 4.99 Å². The molecule has 0 aliphatic rings. The summed E-state index contributed by atoms with van der Waals surface area (Å²) in [5.41, 5.74) is 6.14. The van der Waals surface area contributed by atoms with Gasteiger partial charge in [0.05, 0.1) is 0 Å². The van der Waals surface area contributed by atoms with Crippen LogP contribution in [0, 0.1) is 11.6 Å². The zero-order valence-corrected chi connectivity index (χ0v) is 11.4. The molecule has 106 valence electrons. The number of unbranched alkanes of at least 4 members (excludes halogenated alkanes) is 1. The number of nitrogens with zero attached hydrogens (tertiary/aromatic N) is 1. The first kappa shape index (κ1) is 15.4. The van der Waals surface area contributed by atoms with Crippen molar-refractivity contribution in [2.24, 2.45) is 10.7 Å². The molecule has 1 unspecified atom stereocenters. The van der Waals surface area contributed by atoms with E-state index in [9.17, 15) is 8.78 Å². The van der Waals surface area contributed by atoms with Crippen LogP contribution >= 0.6 is 0 Å². The minimum atomic E-state index is -0.572. The maximum Gasteiger partial charge on any atom is 0.188 e. The number of hydrogen-bond acceptors (Lipinski definition) is 1. The fourth-order valence-corrected chi connectivity index (χ4v) is 1.68. The van der Waals surface area contributed by atoms with E-state index in [2.05, 4.69) is 17.2 Å². The summed E-state index contributed by atoms with van der Waals surface area (Å²) >= 11 is 0. The maximum atomic E-state index is 13.5. The quantitative estimate of drug-likeness (QED) is 0.474. The van der Waals surface area contributed by atoms with E-state index in [0.29, 0.717) is 18.1 Å². The molecule has 0 amide bonds. The standard InChI is InChI=1S/C14H21F2N3/c1-3-4-7-18-14(17)19-9-10(2)12-6-5-11(15)8-13(12)16/h5-6,8,10H,3-4,7,9H2,1-2H3,(H3,17,18,19). The lowest BCUT2D eigenvalue weighted by Gasteiger charge is -2.11. The van der Waals surface area contributed by atoms with Crippen molar-refractivity contribution in [3.63, 3.8) is 0 Å². The minimum absolute atomic E-state index is 0.146. The summed E-state index contributed by atoms with van der Waals surface area (Å²) in [6.45, 7) is 5.08. The molecule has 0 saturated carbocycles. The predicted octanol–water partition coefficient (Wildman–Crippen LogP) is 2.77.